The molecule has 0 atom stereocenters. The minimum atomic E-state index is -1.53. The largest absolute Gasteiger partial charge is 0.248 e. The minimum Gasteiger partial charge on any atom is -0.248 e. The third-order valence-corrected chi connectivity index (χ3v) is 7.27. The summed E-state index contributed by atoms with van der Waals surface area (Å²) in [5.74, 6) is 0. The molecule has 2 heteroatoms. The molecule has 1 nitrogen and oxygen atoms in total. The van der Waals surface area contributed by atoms with E-state index in [4.69, 9.17) is 4.98 Å². The Kier molecular flexibility index (Phi) is 4.68. The predicted octanol–water partition coefficient (Wildman–Crippen LogP) is 6.73. The van der Waals surface area contributed by atoms with Crippen LogP contribution in [0.5, 0.6) is 0 Å². The molecule has 140 valence electrons. The van der Waals surface area contributed by atoms with Gasteiger partial charge >= 0.3 is 0 Å². The van der Waals surface area contributed by atoms with E-state index < -0.39 is 8.07 Å². The zero-order chi connectivity index (χ0) is 19.9. The number of hydrogen-bond donors (Lipinski definition) is 0. The summed E-state index contributed by atoms with van der Waals surface area (Å²) in [5.41, 5.74) is 8.41. The van der Waals surface area contributed by atoms with Crippen molar-refractivity contribution >= 4 is 24.2 Å². The van der Waals surface area contributed by atoms with Gasteiger partial charge in [-0.25, -0.2) is 4.98 Å². The molecule has 0 spiro atoms. The van der Waals surface area contributed by atoms with Crippen LogP contribution in [0.4, 0.5) is 0 Å². The zero-order valence-corrected chi connectivity index (χ0v) is 18.4. The highest BCUT2D eigenvalue weighted by atomic mass is 28.3. The fraction of sp³-hybridized carbons (Fsp3) is 0.192. The molecular weight excluding hydrogens is 354 g/mol. The number of aryl methyl sites for hydroxylation is 2. The highest BCUT2D eigenvalue weighted by Gasteiger charge is 2.21. The van der Waals surface area contributed by atoms with Gasteiger partial charge < -0.3 is 0 Å². The van der Waals surface area contributed by atoms with Crippen molar-refractivity contribution in [2.75, 3.05) is 0 Å². The molecule has 0 aliphatic rings. The maximum atomic E-state index is 5.11. The molecule has 0 saturated heterocycles. The molecule has 0 amide bonds. The SMILES string of the molecule is Cc1cc(C)cc(-c2cc([Si](C)(C)C)c3ccc(-c4ccccc4)cc3n2)c1. The Hall–Kier alpha value is -2.71. The molecule has 0 aliphatic carbocycles. The first-order valence-electron chi connectivity index (χ1n) is 9.91. The lowest BCUT2D eigenvalue weighted by Gasteiger charge is -2.21. The first-order chi connectivity index (χ1) is 13.3. The smallest absolute Gasteiger partial charge is 0.0785 e. The number of nitrogens with zero attached hydrogens (tertiary/aromatic N) is 1. The van der Waals surface area contributed by atoms with Crippen LogP contribution in [0.1, 0.15) is 11.1 Å². The van der Waals surface area contributed by atoms with Gasteiger partial charge in [0.2, 0.25) is 0 Å². The number of aromatic nitrogens is 1. The number of benzene rings is 3. The molecule has 4 aromatic rings. The molecule has 0 unspecified atom stereocenters. The van der Waals surface area contributed by atoms with Crippen LogP contribution >= 0.6 is 0 Å². The molecule has 1 aromatic heterocycles. The van der Waals surface area contributed by atoms with Crippen LogP contribution in [0.3, 0.4) is 0 Å². The lowest BCUT2D eigenvalue weighted by atomic mass is 10.0. The van der Waals surface area contributed by atoms with Crippen LogP contribution in [-0.4, -0.2) is 13.1 Å². The van der Waals surface area contributed by atoms with Gasteiger partial charge in [-0.2, -0.15) is 0 Å². The summed E-state index contributed by atoms with van der Waals surface area (Å²) in [6, 6.07) is 26.4. The van der Waals surface area contributed by atoms with Crippen LogP contribution in [0.15, 0.2) is 72.8 Å². The van der Waals surface area contributed by atoms with Crippen LogP contribution in [-0.2, 0) is 0 Å². The summed E-state index contributed by atoms with van der Waals surface area (Å²) in [4.78, 5) is 5.11. The van der Waals surface area contributed by atoms with E-state index in [9.17, 15) is 0 Å². The molecule has 4 rings (SSSR count). The van der Waals surface area contributed by atoms with E-state index in [2.05, 4.69) is 106 Å². The molecule has 0 saturated carbocycles. The van der Waals surface area contributed by atoms with E-state index in [-0.39, 0.29) is 0 Å². The third-order valence-electron chi connectivity index (χ3n) is 5.24. The van der Waals surface area contributed by atoms with Crippen molar-refractivity contribution in [3.8, 4) is 22.4 Å². The van der Waals surface area contributed by atoms with Crippen LogP contribution in [0, 0.1) is 13.8 Å². The minimum absolute atomic E-state index is 1.09. The van der Waals surface area contributed by atoms with E-state index >= 15 is 0 Å². The van der Waals surface area contributed by atoms with Crippen molar-refractivity contribution in [1.29, 1.82) is 0 Å². The zero-order valence-electron chi connectivity index (χ0n) is 17.4. The number of rotatable bonds is 3. The van der Waals surface area contributed by atoms with Gasteiger partial charge in [-0.05, 0) is 59.8 Å². The van der Waals surface area contributed by atoms with Gasteiger partial charge in [-0.15, -0.1) is 0 Å². The van der Waals surface area contributed by atoms with Crippen molar-refractivity contribution in [3.63, 3.8) is 0 Å². The van der Waals surface area contributed by atoms with Crippen LogP contribution < -0.4 is 5.19 Å². The van der Waals surface area contributed by atoms with Gasteiger partial charge in [-0.3, -0.25) is 0 Å². The summed E-state index contributed by atoms with van der Waals surface area (Å²) in [6.07, 6.45) is 0. The Balaban J connectivity index is 1.98. The average molecular weight is 382 g/mol. The predicted molar refractivity (Wildman–Crippen MR) is 125 cm³/mol. The summed E-state index contributed by atoms with van der Waals surface area (Å²) < 4.78 is 0. The first kappa shape index (κ1) is 18.6. The van der Waals surface area contributed by atoms with E-state index in [1.807, 2.05) is 0 Å². The quantitative estimate of drug-likeness (QED) is 0.358. The second-order valence-electron chi connectivity index (χ2n) is 8.78. The molecule has 0 fully saturated rings. The second-order valence-corrected chi connectivity index (χ2v) is 13.8. The summed E-state index contributed by atoms with van der Waals surface area (Å²) in [7, 11) is -1.53. The molecule has 0 aliphatic heterocycles. The second kappa shape index (κ2) is 7.03. The van der Waals surface area contributed by atoms with Crippen molar-refractivity contribution in [3.05, 3.63) is 83.9 Å². The van der Waals surface area contributed by atoms with Gasteiger partial charge in [-0.1, -0.05) is 79.3 Å². The van der Waals surface area contributed by atoms with Crippen molar-refractivity contribution in [2.45, 2.75) is 33.5 Å². The molecule has 1 heterocycles. The highest BCUT2D eigenvalue weighted by molar-refractivity contribution is 6.90. The number of pyridine rings is 1. The van der Waals surface area contributed by atoms with Gasteiger partial charge in [0, 0.05) is 5.56 Å². The van der Waals surface area contributed by atoms with E-state index in [0.29, 0.717) is 0 Å². The Bertz CT molecular complexity index is 1130. The Morgan fingerprint density at radius 1 is 0.643 bits per heavy atom. The lowest BCUT2D eigenvalue weighted by Crippen LogP contribution is -2.38. The van der Waals surface area contributed by atoms with Gasteiger partial charge in [0.25, 0.3) is 0 Å². The monoisotopic (exact) mass is 381 g/mol. The van der Waals surface area contributed by atoms with Crippen molar-refractivity contribution < 1.29 is 0 Å². The normalized spacial score (nSPS) is 11.8. The molecular formula is C26H27NSi. The maximum Gasteiger partial charge on any atom is 0.0785 e. The molecule has 0 bridgehead atoms. The van der Waals surface area contributed by atoms with Crippen molar-refractivity contribution in [2.24, 2.45) is 0 Å². The van der Waals surface area contributed by atoms with Gasteiger partial charge in [0.1, 0.15) is 0 Å². The van der Waals surface area contributed by atoms with E-state index in [1.54, 1.807) is 0 Å². The summed E-state index contributed by atoms with van der Waals surface area (Å²) in [6.45, 7) is 11.6. The molecule has 3 aromatic carbocycles. The third kappa shape index (κ3) is 3.65. The standard InChI is InChI=1S/C26H27NSi/c1-18-13-19(2)15-22(14-18)24-17-26(28(3,4)5)23-12-11-21(16-25(23)27-24)20-9-7-6-8-10-20/h6-17H,1-5H3. The van der Waals surface area contributed by atoms with Crippen LogP contribution in [0.2, 0.25) is 19.6 Å². The Morgan fingerprint density at radius 2 is 1.32 bits per heavy atom. The fourth-order valence-electron chi connectivity index (χ4n) is 3.93. The summed E-state index contributed by atoms with van der Waals surface area (Å²) >= 11 is 0. The van der Waals surface area contributed by atoms with Crippen molar-refractivity contribution in [1.82, 2.24) is 4.98 Å². The fourth-order valence-corrected chi connectivity index (χ4v) is 5.52. The Morgan fingerprint density at radius 3 is 1.96 bits per heavy atom. The summed E-state index contributed by atoms with van der Waals surface area (Å²) in [5, 5.41) is 2.78. The van der Waals surface area contributed by atoms with E-state index in [1.165, 1.54) is 38.4 Å². The topological polar surface area (TPSA) is 12.9 Å². The maximum absolute atomic E-state index is 5.11. The molecule has 0 N–H and O–H groups in total. The van der Waals surface area contributed by atoms with Gasteiger partial charge in [0.05, 0.1) is 19.3 Å². The average Bonchev–Trinajstić information content (AvgIpc) is 2.66. The molecule has 28 heavy (non-hydrogen) atoms. The number of fused-ring (bicyclic) bond motifs is 1. The molecule has 0 radical (unpaired) electrons. The van der Waals surface area contributed by atoms with Gasteiger partial charge in [0.15, 0.2) is 0 Å². The highest BCUT2D eigenvalue weighted by Crippen LogP contribution is 2.27. The Labute approximate surface area is 169 Å². The van der Waals surface area contributed by atoms with Crippen LogP contribution in [0.25, 0.3) is 33.3 Å². The van der Waals surface area contributed by atoms with E-state index in [0.717, 1.165) is 11.2 Å². The lowest BCUT2D eigenvalue weighted by molar-refractivity contribution is 1.35. The first-order valence-corrected chi connectivity index (χ1v) is 13.4. The number of hydrogen-bond acceptors (Lipinski definition) is 1.